The van der Waals surface area contributed by atoms with E-state index in [1.54, 1.807) is 12.4 Å². The Bertz CT molecular complexity index is 779. The SMILES string of the molecule is c1cncc(C(NCCc2nnc3n2CCCCC3)c2ncc[nH]2)c1. The number of nitrogens with zero attached hydrogens (tertiary/aromatic N) is 5. The molecule has 4 rings (SSSR count). The number of H-pyrrole nitrogens is 1. The molecule has 3 aromatic rings. The van der Waals surface area contributed by atoms with Crippen LogP contribution < -0.4 is 5.32 Å². The minimum atomic E-state index is -0.00442. The molecule has 0 fully saturated rings. The monoisotopic (exact) mass is 337 g/mol. The fourth-order valence-electron chi connectivity index (χ4n) is 3.41. The molecule has 1 aliphatic heterocycles. The molecule has 0 radical (unpaired) electrons. The normalized spacial score (nSPS) is 15.5. The molecular formula is C18H23N7. The van der Waals surface area contributed by atoms with Gasteiger partial charge in [0.15, 0.2) is 0 Å². The molecule has 130 valence electrons. The first-order valence-corrected chi connectivity index (χ1v) is 8.95. The summed E-state index contributed by atoms with van der Waals surface area (Å²) in [5.41, 5.74) is 1.09. The zero-order valence-electron chi connectivity index (χ0n) is 14.2. The number of aryl methyl sites for hydroxylation is 1. The third-order valence-corrected chi connectivity index (χ3v) is 4.69. The highest BCUT2D eigenvalue weighted by atomic mass is 15.3. The number of pyridine rings is 1. The van der Waals surface area contributed by atoms with Crippen molar-refractivity contribution in [3.8, 4) is 0 Å². The van der Waals surface area contributed by atoms with Crippen LogP contribution in [-0.4, -0.2) is 36.3 Å². The topological polar surface area (TPSA) is 84.3 Å². The van der Waals surface area contributed by atoms with Crippen LogP contribution in [-0.2, 0) is 19.4 Å². The maximum Gasteiger partial charge on any atom is 0.134 e. The van der Waals surface area contributed by atoms with Crippen LogP contribution in [0.15, 0.2) is 36.9 Å². The average molecular weight is 337 g/mol. The molecule has 0 saturated heterocycles. The van der Waals surface area contributed by atoms with E-state index < -0.39 is 0 Å². The summed E-state index contributed by atoms with van der Waals surface area (Å²) in [4.78, 5) is 11.8. The van der Waals surface area contributed by atoms with E-state index in [2.05, 4.69) is 41.1 Å². The van der Waals surface area contributed by atoms with E-state index in [-0.39, 0.29) is 6.04 Å². The summed E-state index contributed by atoms with van der Waals surface area (Å²) in [7, 11) is 0. The Kier molecular flexibility index (Phi) is 4.83. The predicted molar refractivity (Wildman–Crippen MR) is 94.0 cm³/mol. The quantitative estimate of drug-likeness (QED) is 0.719. The number of nitrogens with one attached hydrogen (secondary N) is 2. The van der Waals surface area contributed by atoms with Crippen molar-refractivity contribution in [1.29, 1.82) is 0 Å². The minimum absolute atomic E-state index is 0.00442. The van der Waals surface area contributed by atoms with Crippen molar-refractivity contribution in [2.24, 2.45) is 0 Å². The van der Waals surface area contributed by atoms with Crippen LogP contribution in [0, 0.1) is 0 Å². The number of aromatic amines is 1. The van der Waals surface area contributed by atoms with Gasteiger partial charge in [-0.15, -0.1) is 10.2 Å². The first-order valence-electron chi connectivity index (χ1n) is 8.95. The first kappa shape index (κ1) is 16.0. The van der Waals surface area contributed by atoms with Crippen molar-refractivity contribution < 1.29 is 0 Å². The maximum absolute atomic E-state index is 4.41. The summed E-state index contributed by atoms with van der Waals surface area (Å²) >= 11 is 0. The first-order chi connectivity index (χ1) is 12.4. The summed E-state index contributed by atoms with van der Waals surface area (Å²) in [5, 5.41) is 12.4. The van der Waals surface area contributed by atoms with E-state index in [9.17, 15) is 0 Å². The molecule has 25 heavy (non-hydrogen) atoms. The zero-order valence-corrected chi connectivity index (χ0v) is 14.2. The smallest absolute Gasteiger partial charge is 0.134 e. The molecule has 1 unspecified atom stereocenters. The second-order valence-electron chi connectivity index (χ2n) is 6.39. The zero-order chi connectivity index (χ0) is 16.9. The van der Waals surface area contributed by atoms with Crippen LogP contribution in [0.4, 0.5) is 0 Å². The molecule has 7 heteroatoms. The van der Waals surface area contributed by atoms with E-state index >= 15 is 0 Å². The van der Waals surface area contributed by atoms with Crippen LogP contribution in [0.25, 0.3) is 0 Å². The van der Waals surface area contributed by atoms with Crippen LogP contribution in [0.3, 0.4) is 0 Å². The van der Waals surface area contributed by atoms with Crippen LogP contribution in [0.2, 0.25) is 0 Å². The number of rotatable bonds is 6. The maximum atomic E-state index is 4.41. The highest BCUT2D eigenvalue weighted by molar-refractivity contribution is 5.21. The molecule has 7 nitrogen and oxygen atoms in total. The van der Waals surface area contributed by atoms with Gasteiger partial charge in [-0.25, -0.2) is 4.98 Å². The van der Waals surface area contributed by atoms with Gasteiger partial charge in [-0.2, -0.15) is 0 Å². The second-order valence-corrected chi connectivity index (χ2v) is 6.39. The lowest BCUT2D eigenvalue weighted by Crippen LogP contribution is -2.26. The Morgan fingerprint density at radius 3 is 3.04 bits per heavy atom. The van der Waals surface area contributed by atoms with Crippen LogP contribution in [0.1, 0.15) is 48.3 Å². The van der Waals surface area contributed by atoms with Crippen molar-refractivity contribution in [3.05, 3.63) is 60.0 Å². The summed E-state index contributed by atoms with van der Waals surface area (Å²) in [5.74, 6) is 3.11. The average Bonchev–Trinajstić information content (AvgIpc) is 3.25. The number of aromatic nitrogens is 6. The largest absolute Gasteiger partial charge is 0.347 e. The van der Waals surface area contributed by atoms with Gasteiger partial charge in [-0.3, -0.25) is 4.98 Å². The highest BCUT2D eigenvalue weighted by Crippen LogP contribution is 2.18. The Morgan fingerprint density at radius 1 is 1.20 bits per heavy atom. The second kappa shape index (κ2) is 7.57. The van der Waals surface area contributed by atoms with Gasteiger partial charge in [0.1, 0.15) is 17.5 Å². The van der Waals surface area contributed by atoms with Gasteiger partial charge in [0.05, 0.1) is 6.04 Å². The molecule has 4 heterocycles. The molecule has 1 aliphatic rings. The van der Waals surface area contributed by atoms with Gasteiger partial charge in [0.25, 0.3) is 0 Å². The lowest BCUT2D eigenvalue weighted by atomic mass is 10.1. The molecule has 0 amide bonds. The highest BCUT2D eigenvalue weighted by Gasteiger charge is 2.18. The van der Waals surface area contributed by atoms with E-state index in [1.165, 1.54) is 19.3 Å². The Labute approximate surface area is 146 Å². The number of imidazole rings is 1. The van der Waals surface area contributed by atoms with E-state index in [1.807, 2.05) is 18.5 Å². The van der Waals surface area contributed by atoms with E-state index in [4.69, 9.17) is 0 Å². The van der Waals surface area contributed by atoms with Gasteiger partial charge in [0.2, 0.25) is 0 Å². The lowest BCUT2D eigenvalue weighted by molar-refractivity contribution is 0.552. The number of fused-ring (bicyclic) bond motifs is 1. The molecule has 3 aromatic heterocycles. The fraction of sp³-hybridized carbons (Fsp3) is 0.444. The predicted octanol–water partition coefficient (Wildman–Crippen LogP) is 2.04. The van der Waals surface area contributed by atoms with Gasteiger partial charge in [-0.05, 0) is 24.5 Å². The summed E-state index contributed by atoms with van der Waals surface area (Å²) in [6.45, 7) is 1.85. The van der Waals surface area contributed by atoms with Crippen LogP contribution >= 0.6 is 0 Å². The van der Waals surface area contributed by atoms with Gasteiger partial charge in [0, 0.05) is 50.7 Å². The van der Waals surface area contributed by atoms with Crippen LogP contribution in [0.5, 0.6) is 0 Å². The molecule has 2 N–H and O–H groups in total. The summed E-state index contributed by atoms with van der Waals surface area (Å²) < 4.78 is 2.31. The summed E-state index contributed by atoms with van der Waals surface area (Å²) in [6.07, 6.45) is 12.9. The van der Waals surface area contributed by atoms with Gasteiger partial charge in [-0.1, -0.05) is 12.5 Å². The molecule has 0 aliphatic carbocycles. The Morgan fingerprint density at radius 2 is 2.20 bits per heavy atom. The standard InChI is InChI=1S/C18H23N7/c1-2-6-15-23-24-16(25(15)12-3-1)7-9-20-17(18-21-10-11-22-18)14-5-4-8-19-13-14/h4-5,8,10-11,13,17,20H,1-3,6-7,9,12H2,(H,21,22). The van der Waals surface area contributed by atoms with Crippen molar-refractivity contribution in [1.82, 2.24) is 35.0 Å². The van der Waals surface area contributed by atoms with Crippen molar-refractivity contribution in [2.75, 3.05) is 6.54 Å². The summed E-state index contributed by atoms with van der Waals surface area (Å²) in [6, 6.07) is 4.01. The Balaban J connectivity index is 1.45. The van der Waals surface area contributed by atoms with E-state index in [0.717, 1.165) is 49.0 Å². The molecule has 0 bridgehead atoms. The fourth-order valence-corrected chi connectivity index (χ4v) is 3.41. The van der Waals surface area contributed by atoms with Crippen molar-refractivity contribution in [3.63, 3.8) is 0 Å². The molecule has 0 spiro atoms. The lowest BCUT2D eigenvalue weighted by Gasteiger charge is -2.17. The third kappa shape index (κ3) is 3.61. The molecular weight excluding hydrogens is 314 g/mol. The third-order valence-electron chi connectivity index (χ3n) is 4.69. The van der Waals surface area contributed by atoms with Crippen molar-refractivity contribution >= 4 is 0 Å². The van der Waals surface area contributed by atoms with E-state index in [0.29, 0.717) is 0 Å². The number of hydrogen-bond acceptors (Lipinski definition) is 5. The van der Waals surface area contributed by atoms with Gasteiger partial charge < -0.3 is 14.9 Å². The molecule has 0 saturated carbocycles. The number of hydrogen-bond donors (Lipinski definition) is 2. The van der Waals surface area contributed by atoms with Crippen molar-refractivity contribution in [2.45, 2.75) is 44.7 Å². The molecule has 0 aromatic carbocycles. The Hall–Kier alpha value is -2.54. The van der Waals surface area contributed by atoms with Gasteiger partial charge >= 0.3 is 0 Å². The minimum Gasteiger partial charge on any atom is -0.347 e. The molecule has 1 atom stereocenters.